The molecule has 0 aromatic carbocycles. The molecule has 0 radical (unpaired) electrons. The summed E-state index contributed by atoms with van der Waals surface area (Å²) in [6, 6.07) is 1.95. The van der Waals surface area contributed by atoms with Gasteiger partial charge < -0.3 is 9.73 Å². The van der Waals surface area contributed by atoms with Gasteiger partial charge in [0.1, 0.15) is 5.15 Å². The van der Waals surface area contributed by atoms with E-state index in [9.17, 15) is 0 Å². The zero-order valence-electron chi connectivity index (χ0n) is 11.2. The van der Waals surface area contributed by atoms with Gasteiger partial charge in [-0.3, -0.25) is 4.68 Å². The van der Waals surface area contributed by atoms with E-state index in [1.54, 1.807) is 10.9 Å². The highest BCUT2D eigenvalue weighted by atomic mass is 35.5. The number of rotatable bonds is 5. The smallest absolute Gasteiger partial charge is 0.197 e. The number of furan rings is 1. The molecule has 1 N–H and O–H groups in total. The maximum Gasteiger partial charge on any atom is 0.197 e. The summed E-state index contributed by atoms with van der Waals surface area (Å²) in [5, 5.41) is 8.81. The Kier molecular flexibility index (Phi) is 4.55. The van der Waals surface area contributed by atoms with Gasteiger partial charge in [-0.05, 0) is 37.6 Å². The first-order valence-electron chi connectivity index (χ1n) is 6.18. The quantitative estimate of drug-likeness (QED) is 0.919. The fourth-order valence-electron chi connectivity index (χ4n) is 2.20. The van der Waals surface area contributed by atoms with Gasteiger partial charge in [-0.25, -0.2) is 0 Å². The summed E-state index contributed by atoms with van der Waals surface area (Å²) in [6.45, 7) is 4.85. The van der Waals surface area contributed by atoms with Crippen molar-refractivity contribution in [2.24, 2.45) is 7.05 Å². The van der Waals surface area contributed by atoms with E-state index in [0.717, 1.165) is 29.8 Å². The minimum Gasteiger partial charge on any atom is -0.453 e. The van der Waals surface area contributed by atoms with Crippen molar-refractivity contribution in [2.45, 2.75) is 26.3 Å². The fourth-order valence-corrected chi connectivity index (χ4v) is 2.70. The number of hydrogen-bond donors (Lipinski definition) is 1. The summed E-state index contributed by atoms with van der Waals surface area (Å²) in [5.41, 5.74) is 2.92. The second-order valence-electron chi connectivity index (χ2n) is 4.44. The lowest BCUT2D eigenvalue weighted by atomic mass is 10.0. The lowest BCUT2D eigenvalue weighted by Crippen LogP contribution is -2.23. The van der Waals surface area contributed by atoms with Crippen molar-refractivity contribution >= 4 is 23.2 Å². The van der Waals surface area contributed by atoms with Crippen LogP contribution in [-0.4, -0.2) is 16.3 Å². The van der Waals surface area contributed by atoms with Gasteiger partial charge in [-0.15, -0.1) is 0 Å². The third kappa shape index (κ3) is 2.96. The van der Waals surface area contributed by atoms with Gasteiger partial charge in [-0.2, -0.15) is 5.10 Å². The predicted octanol–water partition coefficient (Wildman–Crippen LogP) is 3.52. The topological polar surface area (TPSA) is 43.0 Å². The molecule has 0 saturated heterocycles. The normalized spacial score (nSPS) is 12.9. The number of aryl methyl sites for hydroxylation is 2. The molecule has 0 aliphatic rings. The Balaban J connectivity index is 2.29. The van der Waals surface area contributed by atoms with Crippen LogP contribution in [0.4, 0.5) is 0 Å². The molecule has 1 atom stereocenters. The van der Waals surface area contributed by atoms with Gasteiger partial charge in [0.25, 0.3) is 0 Å². The maximum atomic E-state index is 6.28. The highest BCUT2D eigenvalue weighted by Gasteiger charge is 2.21. The van der Waals surface area contributed by atoms with Crippen LogP contribution in [0.15, 0.2) is 16.7 Å². The van der Waals surface area contributed by atoms with Crippen molar-refractivity contribution in [3.63, 3.8) is 0 Å². The van der Waals surface area contributed by atoms with E-state index in [-0.39, 0.29) is 6.04 Å². The minimum absolute atomic E-state index is 0.0663. The highest BCUT2D eigenvalue weighted by molar-refractivity contribution is 6.30. The second kappa shape index (κ2) is 5.99. The standard InChI is InChI=1S/C13H17Cl2N3O/c1-4-16-11(9-5-6-19-13(9)15)7-10-8(2)17-18(3)12(10)14/h5-6,11,16H,4,7H2,1-3H3. The van der Waals surface area contributed by atoms with Crippen molar-refractivity contribution in [2.75, 3.05) is 6.54 Å². The number of nitrogens with zero attached hydrogens (tertiary/aromatic N) is 2. The predicted molar refractivity (Wildman–Crippen MR) is 76.8 cm³/mol. The van der Waals surface area contributed by atoms with Crippen molar-refractivity contribution in [3.05, 3.63) is 39.5 Å². The number of aromatic nitrogens is 2. The molecule has 4 nitrogen and oxygen atoms in total. The van der Waals surface area contributed by atoms with Crippen LogP contribution in [0.3, 0.4) is 0 Å². The molecule has 1 unspecified atom stereocenters. The van der Waals surface area contributed by atoms with Crippen molar-refractivity contribution < 1.29 is 4.42 Å². The summed E-state index contributed by atoms with van der Waals surface area (Å²) in [7, 11) is 1.84. The molecule has 2 aromatic heterocycles. The van der Waals surface area contributed by atoms with E-state index in [2.05, 4.69) is 17.3 Å². The van der Waals surface area contributed by atoms with Crippen LogP contribution in [0.5, 0.6) is 0 Å². The Morgan fingerprint density at radius 2 is 2.21 bits per heavy atom. The van der Waals surface area contributed by atoms with E-state index >= 15 is 0 Å². The van der Waals surface area contributed by atoms with E-state index in [1.165, 1.54) is 0 Å². The second-order valence-corrected chi connectivity index (χ2v) is 5.14. The lowest BCUT2D eigenvalue weighted by molar-refractivity contribution is 0.525. The molecule has 2 aromatic rings. The zero-order chi connectivity index (χ0) is 14.0. The fraction of sp³-hybridized carbons (Fsp3) is 0.462. The Morgan fingerprint density at radius 3 is 2.68 bits per heavy atom. The SMILES string of the molecule is CCNC(Cc1c(C)nn(C)c1Cl)c1ccoc1Cl. The first kappa shape index (κ1) is 14.4. The third-order valence-corrected chi connectivity index (χ3v) is 3.93. The molecule has 0 aliphatic heterocycles. The third-order valence-electron chi connectivity index (χ3n) is 3.15. The van der Waals surface area contributed by atoms with Crippen LogP contribution < -0.4 is 5.32 Å². The van der Waals surface area contributed by atoms with Crippen LogP contribution >= 0.6 is 23.2 Å². The van der Waals surface area contributed by atoms with Crippen LogP contribution in [0, 0.1) is 6.92 Å². The molecule has 2 rings (SSSR count). The zero-order valence-corrected chi connectivity index (χ0v) is 12.7. The van der Waals surface area contributed by atoms with Crippen molar-refractivity contribution in [1.29, 1.82) is 0 Å². The minimum atomic E-state index is 0.0663. The molecule has 0 fully saturated rings. The molecule has 0 spiro atoms. The Morgan fingerprint density at radius 1 is 1.47 bits per heavy atom. The summed E-state index contributed by atoms with van der Waals surface area (Å²) in [6.07, 6.45) is 2.32. The molecule has 104 valence electrons. The summed E-state index contributed by atoms with van der Waals surface area (Å²) >= 11 is 12.3. The first-order valence-corrected chi connectivity index (χ1v) is 6.94. The number of halogens is 2. The Bertz CT molecular complexity index is 562. The van der Waals surface area contributed by atoms with Crippen molar-refractivity contribution in [3.8, 4) is 0 Å². The largest absolute Gasteiger partial charge is 0.453 e. The van der Waals surface area contributed by atoms with E-state index in [0.29, 0.717) is 10.4 Å². The summed E-state index contributed by atoms with van der Waals surface area (Å²) in [5.74, 6) is 0. The monoisotopic (exact) mass is 301 g/mol. The van der Waals surface area contributed by atoms with E-state index in [1.807, 2.05) is 20.0 Å². The van der Waals surface area contributed by atoms with Gasteiger partial charge in [0.15, 0.2) is 5.22 Å². The van der Waals surface area contributed by atoms with E-state index < -0.39 is 0 Å². The molecular formula is C13H17Cl2N3O. The average molecular weight is 302 g/mol. The average Bonchev–Trinajstić information content (AvgIpc) is 2.88. The van der Waals surface area contributed by atoms with Gasteiger partial charge in [0.05, 0.1) is 12.0 Å². The lowest BCUT2D eigenvalue weighted by Gasteiger charge is -2.16. The molecule has 2 heterocycles. The first-order chi connectivity index (χ1) is 9.04. The molecular weight excluding hydrogens is 285 g/mol. The van der Waals surface area contributed by atoms with Crippen LogP contribution in [0.25, 0.3) is 0 Å². The molecule has 0 amide bonds. The Hall–Kier alpha value is -0.970. The molecule has 0 saturated carbocycles. The van der Waals surface area contributed by atoms with Crippen LogP contribution in [-0.2, 0) is 13.5 Å². The highest BCUT2D eigenvalue weighted by Crippen LogP contribution is 2.30. The summed E-state index contributed by atoms with van der Waals surface area (Å²) < 4.78 is 6.85. The number of nitrogens with one attached hydrogen (secondary N) is 1. The molecule has 6 heteroatoms. The van der Waals surface area contributed by atoms with Crippen LogP contribution in [0.2, 0.25) is 10.4 Å². The van der Waals surface area contributed by atoms with Crippen LogP contribution in [0.1, 0.15) is 29.8 Å². The van der Waals surface area contributed by atoms with Gasteiger partial charge in [0, 0.05) is 24.2 Å². The van der Waals surface area contributed by atoms with Crippen molar-refractivity contribution in [1.82, 2.24) is 15.1 Å². The van der Waals surface area contributed by atoms with Gasteiger partial charge in [-0.1, -0.05) is 18.5 Å². The van der Waals surface area contributed by atoms with Gasteiger partial charge >= 0.3 is 0 Å². The van der Waals surface area contributed by atoms with Gasteiger partial charge in [0.2, 0.25) is 0 Å². The molecule has 0 aliphatic carbocycles. The number of likely N-dealkylation sites (N-methyl/N-ethyl adjacent to an activating group) is 1. The summed E-state index contributed by atoms with van der Waals surface area (Å²) in [4.78, 5) is 0. The molecule has 19 heavy (non-hydrogen) atoms. The maximum absolute atomic E-state index is 6.28. The number of hydrogen-bond acceptors (Lipinski definition) is 3. The molecule has 0 bridgehead atoms. The van der Waals surface area contributed by atoms with E-state index in [4.69, 9.17) is 27.6 Å². The Labute approximate surface area is 122 Å².